The van der Waals surface area contributed by atoms with E-state index < -0.39 is 0 Å². The Morgan fingerprint density at radius 3 is 2.81 bits per heavy atom. The van der Waals surface area contributed by atoms with E-state index in [4.69, 9.17) is 5.73 Å². The van der Waals surface area contributed by atoms with Crippen molar-refractivity contribution in [3.05, 3.63) is 0 Å². The highest BCUT2D eigenvalue weighted by molar-refractivity contribution is 7.98. The van der Waals surface area contributed by atoms with E-state index in [1.807, 2.05) is 11.8 Å². The maximum Gasteiger partial charge on any atom is 0.221 e. The Kier molecular flexibility index (Phi) is 6.88. The Morgan fingerprint density at radius 1 is 1.44 bits per heavy atom. The second kappa shape index (κ2) is 7.96. The number of hydrogen-bond acceptors (Lipinski definition) is 3. The second-order valence-corrected chi connectivity index (χ2v) is 5.59. The van der Waals surface area contributed by atoms with E-state index in [1.54, 1.807) is 0 Å². The van der Waals surface area contributed by atoms with Crippen molar-refractivity contribution in [1.29, 1.82) is 0 Å². The molecule has 1 saturated carbocycles. The summed E-state index contributed by atoms with van der Waals surface area (Å²) in [5.41, 5.74) is 5.89. The third kappa shape index (κ3) is 6.38. The minimum Gasteiger partial charge on any atom is -0.356 e. The van der Waals surface area contributed by atoms with E-state index in [2.05, 4.69) is 11.6 Å². The van der Waals surface area contributed by atoms with Gasteiger partial charge in [-0.25, -0.2) is 0 Å². The fourth-order valence-electron chi connectivity index (χ4n) is 1.75. The van der Waals surface area contributed by atoms with Crippen LogP contribution >= 0.6 is 11.8 Å². The summed E-state index contributed by atoms with van der Waals surface area (Å²) in [6.45, 7) is 0.810. The number of thioether (sulfide) groups is 1. The smallest absolute Gasteiger partial charge is 0.221 e. The van der Waals surface area contributed by atoms with Crippen LogP contribution in [0.3, 0.4) is 0 Å². The lowest BCUT2D eigenvalue weighted by Crippen LogP contribution is -2.33. The lowest BCUT2D eigenvalue weighted by atomic mass is 10.1. The second-order valence-electron chi connectivity index (χ2n) is 4.61. The number of nitrogens with one attached hydrogen (secondary N) is 1. The molecule has 0 bridgehead atoms. The van der Waals surface area contributed by atoms with E-state index in [0.717, 1.165) is 13.0 Å². The highest BCUT2D eigenvalue weighted by atomic mass is 32.2. The number of rotatable bonds is 9. The molecule has 3 N–H and O–H groups in total. The van der Waals surface area contributed by atoms with Crippen LogP contribution in [0.5, 0.6) is 0 Å². The van der Waals surface area contributed by atoms with Crippen molar-refractivity contribution >= 4 is 17.7 Å². The first-order valence-electron chi connectivity index (χ1n) is 6.25. The Labute approximate surface area is 103 Å². The first-order valence-corrected chi connectivity index (χ1v) is 7.64. The molecule has 3 nitrogen and oxygen atoms in total. The van der Waals surface area contributed by atoms with Gasteiger partial charge in [-0.2, -0.15) is 11.8 Å². The van der Waals surface area contributed by atoms with Crippen LogP contribution in [0.1, 0.15) is 38.5 Å². The topological polar surface area (TPSA) is 55.1 Å². The molecule has 0 aliphatic heterocycles. The summed E-state index contributed by atoms with van der Waals surface area (Å²) in [6, 6.07) is 0.0940. The molecule has 1 aliphatic carbocycles. The Morgan fingerprint density at radius 2 is 2.19 bits per heavy atom. The predicted molar refractivity (Wildman–Crippen MR) is 70.6 cm³/mol. The van der Waals surface area contributed by atoms with E-state index in [9.17, 15) is 4.79 Å². The highest BCUT2D eigenvalue weighted by Crippen LogP contribution is 2.32. The molecule has 4 heteroatoms. The quantitative estimate of drug-likeness (QED) is 0.608. The van der Waals surface area contributed by atoms with Crippen molar-refractivity contribution in [1.82, 2.24) is 5.32 Å². The molecule has 1 atom stereocenters. The normalized spacial score (nSPS) is 17.1. The van der Waals surface area contributed by atoms with E-state index in [0.29, 0.717) is 12.3 Å². The van der Waals surface area contributed by atoms with Gasteiger partial charge in [0.15, 0.2) is 0 Å². The van der Waals surface area contributed by atoms with Gasteiger partial charge in [-0.05, 0) is 43.6 Å². The molecule has 1 amide bonds. The van der Waals surface area contributed by atoms with Gasteiger partial charge in [0.25, 0.3) is 0 Å². The molecule has 0 heterocycles. The number of amides is 1. The Balaban J connectivity index is 1.89. The zero-order valence-electron chi connectivity index (χ0n) is 10.2. The maximum absolute atomic E-state index is 11.5. The van der Waals surface area contributed by atoms with Crippen molar-refractivity contribution in [2.45, 2.75) is 44.6 Å². The molecule has 94 valence electrons. The van der Waals surface area contributed by atoms with Gasteiger partial charge in [0.1, 0.15) is 0 Å². The lowest BCUT2D eigenvalue weighted by Gasteiger charge is -2.10. The summed E-state index contributed by atoms with van der Waals surface area (Å²) in [5.74, 6) is 1.97. The van der Waals surface area contributed by atoms with Gasteiger partial charge in [0, 0.05) is 19.0 Å². The summed E-state index contributed by atoms with van der Waals surface area (Å²) in [7, 11) is 0. The molecular weight excluding hydrogens is 220 g/mol. The van der Waals surface area contributed by atoms with Crippen LogP contribution in [0.2, 0.25) is 0 Å². The summed E-state index contributed by atoms with van der Waals surface area (Å²) in [6.07, 6.45) is 8.60. The number of hydrogen-bond donors (Lipinski definition) is 2. The van der Waals surface area contributed by atoms with E-state index >= 15 is 0 Å². The van der Waals surface area contributed by atoms with Gasteiger partial charge in [0.2, 0.25) is 5.91 Å². The molecule has 0 saturated heterocycles. The van der Waals surface area contributed by atoms with Crippen molar-refractivity contribution in [3.8, 4) is 0 Å². The average molecular weight is 244 g/mol. The molecule has 1 rings (SSSR count). The third-order valence-corrected chi connectivity index (χ3v) is 3.69. The zero-order valence-corrected chi connectivity index (χ0v) is 11.0. The van der Waals surface area contributed by atoms with Crippen molar-refractivity contribution in [3.63, 3.8) is 0 Å². The largest absolute Gasteiger partial charge is 0.356 e. The monoisotopic (exact) mass is 244 g/mol. The first-order chi connectivity index (χ1) is 7.74. The average Bonchev–Trinajstić information content (AvgIpc) is 3.06. The molecule has 1 unspecified atom stereocenters. The third-order valence-electron chi connectivity index (χ3n) is 3.00. The highest BCUT2D eigenvalue weighted by Gasteiger charge is 2.29. The fourth-order valence-corrected chi connectivity index (χ4v) is 2.25. The maximum atomic E-state index is 11.5. The van der Waals surface area contributed by atoms with Gasteiger partial charge >= 0.3 is 0 Å². The van der Waals surface area contributed by atoms with Crippen LogP contribution in [0.4, 0.5) is 0 Å². The first kappa shape index (κ1) is 13.8. The number of carbonyl (C=O) groups excluding carboxylic acids is 1. The number of carbonyl (C=O) groups is 1. The molecular formula is C12H24N2OS. The number of nitrogens with two attached hydrogens (primary N) is 1. The van der Waals surface area contributed by atoms with Gasteiger partial charge in [-0.15, -0.1) is 0 Å². The summed E-state index contributed by atoms with van der Waals surface area (Å²) < 4.78 is 0. The Bertz CT molecular complexity index is 207. The van der Waals surface area contributed by atoms with Crippen LogP contribution in [0.25, 0.3) is 0 Å². The minimum absolute atomic E-state index is 0.0940. The van der Waals surface area contributed by atoms with Gasteiger partial charge in [-0.1, -0.05) is 6.42 Å². The van der Waals surface area contributed by atoms with Crippen molar-refractivity contribution in [2.75, 3.05) is 18.6 Å². The molecule has 0 radical (unpaired) electrons. The van der Waals surface area contributed by atoms with Crippen LogP contribution in [-0.4, -0.2) is 30.5 Å². The minimum atomic E-state index is 0.0940. The molecule has 0 aromatic heterocycles. The standard InChI is InChI=1S/C12H24N2OS/c1-16-8-4-2-3-7-14-12(15)9-11(13)10-5-6-10/h10-11H,2-9,13H2,1H3,(H,14,15). The Hall–Kier alpha value is -0.220. The van der Waals surface area contributed by atoms with Gasteiger partial charge in [0.05, 0.1) is 0 Å². The van der Waals surface area contributed by atoms with Crippen LogP contribution in [-0.2, 0) is 4.79 Å². The van der Waals surface area contributed by atoms with Crippen molar-refractivity contribution in [2.24, 2.45) is 11.7 Å². The molecule has 1 aliphatic rings. The van der Waals surface area contributed by atoms with Crippen LogP contribution < -0.4 is 11.1 Å². The summed E-state index contributed by atoms with van der Waals surface area (Å²) >= 11 is 1.88. The van der Waals surface area contributed by atoms with Crippen LogP contribution in [0, 0.1) is 5.92 Å². The predicted octanol–water partition coefficient (Wildman–Crippen LogP) is 1.76. The molecule has 16 heavy (non-hydrogen) atoms. The molecule has 1 fully saturated rings. The summed E-state index contributed by atoms with van der Waals surface area (Å²) in [5, 5.41) is 2.95. The molecule has 0 aromatic rings. The molecule has 0 spiro atoms. The SMILES string of the molecule is CSCCCCCNC(=O)CC(N)C1CC1. The van der Waals surface area contributed by atoms with Crippen molar-refractivity contribution < 1.29 is 4.79 Å². The van der Waals surface area contributed by atoms with E-state index in [-0.39, 0.29) is 11.9 Å². The van der Waals surface area contributed by atoms with Gasteiger partial charge in [-0.3, -0.25) is 4.79 Å². The molecule has 0 aromatic carbocycles. The fraction of sp³-hybridized carbons (Fsp3) is 0.917. The summed E-state index contributed by atoms with van der Waals surface area (Å²) in [4.78, 5) is 11.5. The zero-order chi connectivity index (χ0) is 11.8. The number of unbranched alkanes of at least 4 members (excludes halogenated alkanes) is 2. The van der Waals surface area contributed by atoms with Gasteiger partial charge < -0.3 is 11.1 Å². The van der Waals surface area contributed by atoms with E-state index in [1.165, 1.54) is 31.4 Å². The lowest BCUT2D eigenvalue weighted by molar-refractivity contribution is -0.121. The van der Waals surface area contributed by atoms with Crippen LogP contribution in [0.15, 0.2) is 0 Å².